The van der Waals surface area contributed by atoms with Crippen molar-refractivity contribution in [1.82, 2.24) is 0 Å². The van der Waals surface area contributed by atoms with Gasteiger partial charge in [-0.3, -0.25) is 0 Å². The van der Waals surface area contributed by atoms with Crippen molar-refractivity contribution < 1.29 is 14.5 Å². The van der Waals surface area contributed by atoms with Crippen LogP contribution < -0.4 is 0 Å². The zero-order valence-corrected chi connectivity index (χ0v) is 9.92. The smallest absolute Gasteiger partial charge is 0.111 e. The molecule has 0 unspecified atom stereocenters. The van der Waals surface area contributed by atoms with Crippen molar-refractivity contribution in [1.29, 1.82) is 0 Å². The molecule has 84 valence electrons. The molecule has 0 saturated carbocycles. The molecule has 0 atom stereocenters. The van der Waals surface area contributed by atoms with E-state index in [1.165, 1.54) is 0 Å². The predicted molar refractivity (Wildman–Crippen MR) is 57.0 cm³/mol. The molecule has 0 saturated heterocycles. The average Bonchev–Trinajstić information content (AvgIpc) is 1.98. The lowest BCUT2D eigenvalue weighted by molar-refractivity contribution is -0.363. The summed E-state index contributed by atoms with van der Waals surface area (Å²) < 4.78 is 5.47. The summed E-state index contributed by atoms with van der Waals surface area (Å²) in [5.41, 5.74) is -0.631. The monoisotopic (exact) mass is 202 g/mol. The van der Waals surface area contributed by atoms with Gasteiger partial charge in [0.25, 0.3) is 0 Å². The van der Waals surface area contributed by atoms with Crippen molar-refractivity contribution in [3.8, 4) is 0 Å². The van der Waals surface area contributed by atoms with Crippen LogP contribution in [0.4, 0.5) is 0 Å². The third kappa shape index (κ3) is 8.23. The summed E-state index contributed by atoms with van der Waals surface area (Å²) in [6.07, 6.45) is 1.71. The lowest BCUT2D eigenvalue weighted by atomic mass is 10.1. The zero-order chi connectivity index (χ0) is 11.2. The predicted octanol–water partition coefficient (Wildman–Crippen LogP) is 2.71. The highest BCUT2D eigenvalue weighted by Gasteiger charge is 2.20. The minimum atomic E-state index is -0.348. The van der Waals surface area contributed by atoms with Gasteiger partial charge in [-0.25, -0.2) is 9.78 Å². The van der Waals surface area contributed by atoms with E-state index in [4.69, 9.17) is 14.5 Å². The summed E-state index contributed by atoms with van der Waals surface area (Å²) in [5.74, 6) is 0. The first-order valence-electron chi connectivity index (χ1n) is 4.82. The highest BCUT2D eigenvalue weighted by molar-refractivity contribution is 4.72. The Morgan fingerprint density at radius 3 is 2.14 bits per heavy atom. The molecule has 0 bridgehead atoms. The average molecular weight is 202 g/mol. The minimum Gasteiger partial charge on any atom is -0.369 e. The van der Waals surface area contributed by atoms with Crippen LogP contribution in [0.15, 0.2) is 12.7 Å². The van der Waals surface area contributed by atoms with Gasteiger partial charge in [-0.1, -0.05) is 6.08 Å². The van der Waals surface area contributed by atoms with Crippen molar-refractivity contribution in [2.24, 2.45) is 0 Å². The van der Waals surface area contributed by atoms with Crippen molar-refractivity contribution >= 4 is 0 Å². The molecular weight excluding hydrogens is 180 g/mol. The second-order valence-corrected chi connectivity index (χ2v) is 4.82. The van der Waals surface area contributed by atoms with E-state index >= 15 is 0 Å². The molecule has 0 spiro atoms. The fourth-order valence-corrected chi connectivity index (χ4v) is 0.674. The molecule has 0 aromatic heterocycles. The SMILES string of the molecule is C=CCOC(C)(C)COOC(C)(C)C. The molecule has 0 aliphatic rings. The zero-order valence-electron chi connectivity index (χ0n) is 9.92. The molecule has 0 aromatic carbocycles. The molecule has 3 nitrogen and oxygen atoms in total. The molecule has 0 heterocycles. The Morgan fingerprint density at radius 1 is 1.14 bits per heavy atom. The summed E-state index contributed by atoms with van der Waals surface area (Å²) in [6.45, 7) is 14.2. The highest BCUT2D eigenvalue weighted by Crippen LogP contribution is 2.13. The molecule has 0 aliphatic carbocycles. The van der Waals surface area contributed by atoms with E-state index in [9.17, 15) is 0 Å². The first-order valence-corrected chi connectivity index (χ1v) is 4.82. The Bertz CT molecular complexity index is 168. The molecule has 0 rings (SSSR count). The molecule has 0 amide bonds. The van der Waals surface area contributed by atoms with Crippen LogP contribution in [0, 0.1) is 0 Å². The molecule has 14 heavy (non-hydrogen) atoms. The summed E-state index contributed by atoms with van der Waals surface area (Å²) in [7, 11) is 0. The topological polar surface area (TPSA) is 27.7 Å². The van der Waals surface area contributed by atoms with E-state index in [0.717, 1.165) is 0 Å². The normalized spacial score (nSPS) is 12.9. The number of ether oxygens (including phenoxy) is 1. The summed E-state index contributed by atoms with van der Waals surface area (Å²) in [5, 5.41) is 0. The lowest BCUT2D eigenvalue weighted by Crippen LogP contribution is -2.33. The first-order chi connectivity index (χ1) is 6.27. The van der Waals surface area contributed by atoms with E-state index in [1.54, 1.807) is 6.08 Å². The van der Waals surface area contributed by atoms with Crippen LogP contribution in [0.2, 0.25) is 0 Å². The summed E-state index contributed by atoms with van der Waals surface area (Å²) in [6, 6.07) is 0. The Labute approximate surface area is 87.0 Å². The Hall–Kier alpha value is -0.380. The van der Waals surface area contributed by atoms with Crippen LogP contribution in [-0.4, -0.2) is 24.4 Å². The number of hydrogen-bond acceptors (Lipinski definition) is 3. The maximum absolute atomic E-state index is 5.47. The fraction of sp³-hybridized carbons (Fsp3) is 0.818. The molecule has 0 aliphatic heterocycles. The van der Waals surface area contributed by atoms with Crippen molar-refractivity contribution in [2.75, 3.05) is 13.2 Å². The van der Waals surface area contributed by atoms with Crippen molar-refractivity contribution in [3.05, 3.63) is 12.7 Å². The van der Waals surface area contributed by atoms with Gasteiger partial charge < -0.3 is 4.74 Å². The van der Waals surface area contributed by atoms with Gasteiger partial charge in [0, 0.05) is 0 Å². The quantitative estimate of drug-likeness (QED) is 0.376. The lowest BCUT2D eigenvalue weighted by Gasteiger charge is -2.26. The molecule has 0 fully saturated rings. The van der Waals surface area contributed by atoms with Gasteiger partial charge in [-0.2, -0.15) is 0 Å². The first kappa shape index (κ1) is 13.6. The van der Waals surface area contributed by atoms with Crippen LogP contribution in [0.3, 0.4) is 0 Å². The van der Waals surface area contributed by atoms with Crippen molar-refractivity contribution in [3.63, 3.8) is 0 Å². The molecule has 0 radical (unpaired) electrons. The molecular formula is C11H22O3. The Morgan fingerprint density at radius 2 is 1.71 bits per heavy atom. The van der Waals surface area contributed by atoms with Gasteiger partial charge in [0.15, 0.2) is 0 Å². The van der Waals surface area contributed by atoms with Crippen LogP contribution in [0.25, 0.3) is 0 Å². The van der Waals surface area contributed by atoms with E-state index < -0.39 is 0 Å². The second kappa shape index (κ2) is 5.49. The van der Waals surface area contributed by atoms with E-state index in [1.807, 2.05) is 34.6 Å². The third-order valence-electron chi connectivity index (χ3n) is 1.31. The van der Waals surface area contributed by atoms with Gasteiger partial charge in [-0.05, 0) is 34.6 Å². The van der Waals surface area contributed by atoms with Crippen LogP contribution in [0.1, 0.15) is 34.6 Å². The largest absolute Gasteiger partial charge is 0.369 e. The van der Waals surface area contributed by atoms with Crippen LogP contribution in [-0.2, 0) is 14.5 Å². The maximum Gasteiger partial charge on any atom is 0.111 e. The van der Waals surface area contributed by atoms with Gasteiger partial charge in [0.2, 0.25) is 0 Å². The van der Waals surface area contributed by atoms with Gasteiger partial charge in [0.1, 0.15) is 6.61 Å². The molecule has 3 heteroatoms. The van der Waals surface area contributed by atoms with Crippen molar-refractivity contribution in [2.45, 2.75) is 45.8 Å². The van der Waals surface area contributed by atoms with Crippen LogP contribution in [0.5, 0.6) is 0 Å². The fourth-order valence-electron chi connectivity index (χ4n) is 0.674. The number of hydrogen-bond donors (Lipinski definition) is 0. The van der Waals surface area contributed by atoms with Gasteiger partial charge in [-0.15, -0.1) is 6.58 Å². The molecule has 0 N–H and O–H groups in total. The highest BCUT2D eigenvalue weighted by atomic mass is 17.2. The molecule has 0 aromatic rings. The maximum atomic E-state index is 5.47. The van der Waals surface area contributed by atoms with E-state index in [-0.39, 0.29) is 11.2 Å². The minimum absolute atomic E-state index is 0.283. The second-order valence-electron chi connectivity index (χ2n) is 4.82. The Balaban J connectivity index is 3.70. The number of rotatable bonds is 6. The van der Waals surface area contributed by atoms with E-state index in [2.05, 4.69) is 6.58 Å². The summed E-state index contributed by atoms with van der Waals surface area (Å²) >= 11 is 0. The summed E-state index contributed by atoms with van der Waals surface area (Å²) in [4.78, 5) is 10.2. The standard InChI is InChI=1S/C11H22O3/c1-7-8-12-11(5,6)9-13-14-10(2,3)4/h7H,1,8-9H2,2-6H3. The van der Waals surface area contributed by atoms with E-state index in [0.29, 0.717) is 13.2 Å². The van der Waals surface area contributed by atoms with Gasteiger partial charge in [0.05, 0.1) is 17.8 Å². The third-order valence-corrected chi connectivity index (χ3v) is 1.31. The van der Waals surface area contributed by atoms with Gasteiger partial charge >= 0.3 is 0 Å². The van der Waals surface area contributed by atoms with Crippen LogP contribution >= 0.6 is 0 Å². The Kier molecular flexibility index (Phi) is 5.34.